The van der Waals surface area contributed by atoms with Crippen molar-refractivity contribution in [2.24, 2.45) is 0 Å². The summed E-state index contributed by atoms with van der Waals surface area (Å²) in [5.74, 6) is -0.803. The van der Waals surface area contributed by atoms with Crippen LogP contribution in [0.5, 0.6) is 0 Å². The zero-order valence-corrected chi connectivity index (χ0v) is 17.3. The van der Waals surface area contributed by atoms with Crippen LogP contribution in [0.4, 0.5) is 0 Å². The summed E-state index contributed by atoms with van der Waals surface area (Å²) in [7, 11) is 2.96. The van der Waals surface area contributed by atoms with Gasteiger partial charge >= 0.3 is 5.97 Å². The van der Waals surface area contributed by atoms with Crippen LogP contribution in [0, 0.1) is 0 Å². The highest BCUT2D eigenvalue weighted by Crippen LogP contribution is 2.26. The second-order valence-corrected chi connectivity index (χ2v) is 7.54. The smallest absolute Gasteiger partial charge is 0.312 e. The van der Waals surface area contributed by atoms with Crippen LogP contribution in [0.2, 0.25) is 0 Å². The Labute approximate surface area is 168 Å². The van der Waals surface area contributed by atoms with Crippen molar-refractivity contribution >= 4 is 29.1 Å². The van der Waals surface area contributed by atoms with Gasteiger partial charge in [-0.2, -0.15) is 0 Å². The molecule has 0 radical (unpaired) electrons. The molecule has 7 nitrogen and oxygen atoms in total. The molecule has 1 aromatic heterocycles. The van der Waals surface area contributed by atoms with Crippen LogP contribution in [-0.4, -0.2) is 54.9 Å². The molecule has 1 aromatic carbocycles. The maximum atomic E-state index is 12.0. The molecule has 0 aliphatic heterocycles. The van der Waals surface area contributed by atoms with Gasteiger partial charge in [0.2, 0.25) is 5.91 Å². The van der Waals surface area contributed by atoms with Gasteiger partial charge in [-0.3, -0.25) is 14.4 Å². The Morgan fingerprint density at radius 1 is 1.21 bits per heavy atom. The summed E-state index contributed by atoms with van der Waals surface area (Å²) < 4.78 is 5.00. The second-order valence-electron chi connectivity index (χ2n) is 6.68. The number of rotatable bonds is 8. The minimum atomic E-state index is -0.534. The van der Waals surface area contributed by atoms with Crippen molar-refractivity contribution in [3.05, 3.63) is 40.9 Å². The van der Waals surface area contributed by atoms with Crippen LogP contribution in [0.3, 0.4) is 0 Å². The van der Waals surface area contributed by atoms with Crippen molar-refractivity contribution in [3.8, 4) is 10.6 Å². The standard InChI is InChI=1S/C20H25N3O4S/c1-13(2)14-5-7-15(8-6-14)20-22-16(12-28-20)9-19(26)27-11-18(25)23(4)10-17(24)21-3/h5-8,12-13H,9-11H2,1-4H3,(H,21,24). The fourth-order valence-electron chi connectivity index (χ4n) is 2.37. The SMILES string of the molecule is CNC(=O)CN(C)C(=O)COC(=O)Cc1csc(-c2ccc(C(C)C)cc2)n1. The molecule has 0 aliphatic carbocycles. The van der Waals surface area contributed by atoms with E-state index in [1.54, 1.807) is 0 Å². The molecule has 2 aromatic rings. The minimum absolute atomic E-state index is 0.00693. The van der Waals surface area contributed by atoms with E-state index >= 15 is 0 Å². The van der Waals surface area contributed by atoms with Crippen molar-refractivity contribution in [2.75, 3.05) is 27.2 Å². The summed E-state index contributed by atoms with van der Waals surface area (Å²) in [4.78, 5) is 40.8. The predicted molar refractivity (Wildman–Crippen MR) is 108 cm³/mol. The Hall–Kier alpha value is -2.74. The maximum absolute atomic E-state index is 12.0. The highest BCUT2D eigenvalue weighted by molar-refractivity contribution is 7.13. The molecule has 1 heterocycles. The highest BCUT2D eigenvalue weighted by atomic mass is 32.1. The van der Waals surface area contributed by atoms with Crippen molar-refractivity contribution in [3.63, 3.8) is 0 Å². The molecule has 28 heavy (non-hydrogen) atoms. The first-order valence-corrected chi connectivity index (χ1v) is 9.83. The summed E-state index contributed by atoms with van der Waals surface area (Å²) in [6, 6.07) is 8.21. The van der Waals surface area contributed by atoms with Crippen LogP contribution in [0.25, 0.3) is 10.6 Å². The quantitative estimate of drug-likeness (QED) is 0.683. The maximum Gasteiger partial charge on any atom is 0.312 e. The third kappa shape index (κ3) is 6.16. The van der Waals surface area contributed by atoms with Gasteiger partial charge in [0.05, 0.1) is 18.7 Å². The molecule has 0 fully saturated rings. The van der Waals surface area contributed by atoms with Gasteiger partial charge in [-0.25, -0.2) is 4.98 Å². The first kappa shape index (κ1) is 21.6. The Bertz CT molecular complexity index is 830. The number of nitrogens with zero attached hydrogens (tertiary/aromatic N) is 2. The van der Waals surface area contributed by atoms with Crippen LogP contribution >= 0.6 is 11.3 Å². The van der Waals surface area contributed by atoms with Gasteiger partial charge in [0.1, 0.15) is 5.01 Å². The molecule has 0 atom stereocenters. The zero-order chi connectivity index (χ0) is 20.7. The van der Waals surface area contributed by atoms with Crippen LogP contribution in [0.1, 0.15) is 31.0 Å². The van der Waals surface area contributed by atoms with E-state index in [2.05, 4.69) is 36.3 Å². The third-order valence-electron chi connectivity index (χ3n) is 4.14. The van der Waals surface area contributed by atoms with E-state index in [1.807, 2.05) is 17.5 Å². The molecule has 150 valence electrons. The fourth-order valence-corrected chi connectivity index (χ4v) is 3.19. The average molecular weight is 404 g/mol. The lowest BCUT2D eigenvalue weighted by atomic mass is 10.0. The monoisotopic (exact) mass is 403 g/mol. The number of ether oxygens (including phenoxy) is 1. The van der Waals surface area contributed by atoms with E-state index < -0.39 is 18.5 Å². The predicted octanol–water partition coefficient (Wildman–Crippen LogP) is 2.22. The molecule has 0 bridgehead atoms. The van der Waals surface area contributed by atoms with E-state index in [1.165, 1.54) is 35.9 Å². The van der Waals surface area contributed by atoms with Gasteiger partial charge in [0.15, 0.2) is 6.61 Å². The Kier molecular flexibility index (Phi) is 7.69. The third-order valence-corrected chi connectivity index (χ3v) is 5.08. The molecule has 8 heteroatoms. The Morgan fingerprint density at radius 2 is 1.89 bits per heavy atom. The van der Waals surface area contributed by atoms with Crippen molar-refractivity contribution in [1.29, 1.82) is 0 Å². The summed E-state index contributed by atoms with van der Waals surface area (Å²) >= 11 is 1.46. The number of thiazole rings is 1. The number of carbonyl (C=O) groups excluding carboxylic acids is 3. The van der Waals surface area contributed by atoms with Crippen molar-refractivity contribution in [2.45, 2.75) is 26.2 Å². The van der Waals surface area contributed by atoms with Crippen LogP contribution in [-0.2, 0) is 25.5 Å². The number of aromatic nitrogens is 1. The van der Waals surface area contributed by atoms with E-state index in [0.29, 0.717) is 11.6 Å². The zero-order valence-electron chi connectivity index (χ0n) is 16.5. The number of hydrogen-bond donors (Lipinski definition) is 1. The lowest BCUT2D eigenvalue weighted by molar-refractivity contribution is -0.151. The molecular weight excluding hydrogens is 378 g/mol. The average Bonchev–Trinajstić information content (AvgIpc) is 3.14. The number of carbonyl (C=O) groups is 3. The lowest BCUT2D eigenvalue weighted by Gasteiger charge is -2.15. The van der Waals surface area contributed by atoms with E-state index in [-0.39, 0.29) is 18.9 Å². The first-order valence-electron chi connectivity index (χ1n) is 8.95. The van der Waals surface area contributed by atoms with Crippen LogP contribution in [0.15, 0.2) is 29.6 Å². The lowest BCUT2D eigenvalue weighted by Crippen LogP contribution is -2.39. The summed E-state index contributed by atoms with van der Waals surface area (Å²) in [6.07, 6.45) is -0.00693. The Morgan fingerprint density at radius 3 is 2.50 bits per heavy atom. The van der Waals surface area contributed by atoms with Crippen molar-refractivity contribution in [1.82, 2.24) is 15.2 Å². The van der Waals surface area contributed by atoms with E-state index in [4.69, 9.17) is 4.74 Å². The molecule has 0 saturated heterocycles. The van der Waals surface area contributed by atoms with Gasteiger partial charge in [-0.1, -0.05) is 38.1 Å². The molecule has 0 spiro atoms. The van der Waals surface area contributed by atoms with Crippen LogP contribution < -0.4 is 5.32 Å². The molecule has 0 unspecified atom stereocenters. The number of nitrogens with one attached hydrogen (secondary N) is 1. The van der Waals surface area contributed by atoms with Gasteiger partial charge in [0, 0.05) is 25.0 Å². The van der Waals surface area contributed by atoms with E-state index in [9.17, 15) is 14.4 Å². The molecule has 0 saturated carbocycles. The summed E-state index contributed by atoms with van der Waals surface area (Å²) in [5.41, 5.74) is 2.86. The highest BCUT2D eigenvalue weighted by Gasteiger charge is 2.16. The number of likely N-dealkylation sites (N-methyl/N-ethyl adjacent to an activating group) is 2. The van der Waals surface area contributed by atoms with Gasteiger partial charge in [0.25, 0.3) is 5.91 Å². The molecule has 1 N–H and O–H groups in total. The number of hydrogen-bond acceptors (Lipinski definition) is 6. The van der Waals surface area contributed by atoms with Gasteiger partial charge in [-0.05, 0) is 11.5 Å². The van der Waals surface area contributed by atoms with Gasteiger partial charge in [-0.15, -0.1) is 11.3 Å². The summed E-state index contributed by atoms with van der Waals surface area (Å²) in [6.45, 7) is 3.80. The molecular formula is C20H25N3O4S. The molecule has 2 rings (SSSR count). The van der Waals surface area contributed by atoms with E-state index in [0.717, 1.165) is 10.6 Å². The number of amides is 2. The molecule has 2 amide bonds. The fraction of sp³-hybridized carbons (Fsp3) is 0.400. The second kappa shape index (κ2) is 9.98. The summed E-state index contributed by atoms with van der Waals surface area (Å²) in [5, 5.41) is 5.07. The minimum Gasteiger partial charge on any atom is -0.455 e. The first-order chi connectivity index (χ1) is 13.3. The number of esters is 1. The topological polar surface area (TPSA) is 88.6 Å². The van der Waals surface area contributed by atoms with Gasteiger partial charge < -0.3 is 15.0 Å². The Balaban J connectivity index is 1.86. The van der Waals surface area contributed by atoms with Crippen molar-refractivity contribution < 1.29 is 19.1 Å². The normalized spacial score (nSPS) is 10.6. The molecule has 0 aliphatic rings. The number of benzene rings is 1. The largest absolute Gasteiger partial charge is 0.455 e.